The third-order valence-corrected chi connectivity index (χ3v) is 5.27. The van der Waals surface area contributed by atoms with Crippen molar-refractivity contribution < 1.29 is 9.53 Å². The molecule has 1 amide bonds. The summed E-state index contributed by atoms with van der Waals surface area (Å²) >= 11 is 0. The molecule has 0 unspecified atom stereocenters. The molecule has 2 fully saturated rings. The van der Waals surface area contributed by atoms with E-state index in [2.05, 4.69) is 27.5 Å². The number of nitrogens with two attached hydrogens (primary N) is 1. The molecule has 0 saturated heterocycles. The monoisotopic (exact) mass is 333 g/mol. The Labute approximate surface area is 142 Å². The molecule has 4 N–H and O–H groups in total. The molecule has 0 radical (unpaired) electrons. The number of carbonyl (C=O) groups excluding carboxylic acids is 1. The van der Waals surface area contributed by atoms with Crippen molar-refractivity contribution in [2.75, 3.05) is 17.7 Å². The number of amides is 1. The van der Waals surface area contributed by atoms with E-state index in [0.29, 0.717) is 29.5 Å². The fourth-order valence-corrected chi connectivity index (χ4v) is 3.47. The number of methoxy groups -OCH3 is 1. The molecular weight excluding hydrogens is 306 g/mol. The van der Waals surface area contributed by atoms with Crippen LogP contribution in [0.25, 0.3) is 0 Å². The molecule has 7 heteroatoms. The maximum absolute atomic E-state index is 11.7. The Hall–Kier alpha value is -1.89. The smallest absolute Gasteiger partial charge is 0.254 e. The van der Waals surface area contributed by atoms with Gasteiger partial charge in [0.1, 0.15) is 5.82 Å². The third-order valence-electron chi connectivity index (χ3n) is 5.27. The van der Waals surface area contributed by atoms with Gasteiger partial charge in [0.25, 0.3) is 5.91 Å². The first-order valence-electron chi connectivity index (χ1n) is 8.73. The number of carbonyl (C=O) groups is 1. The van der Waals surface area contributed by atoms with E-state index < -0.39 is 5.91 Å². The molecule has 0 atom stereocenters. The molecule has 0 aliphatic heterocycles. The highest BCUT2D eigenvalue weighted by Crippen LogP contribution is 2.35. The second kappa shape index (κ2) is 6.93. The van der Waals surface area contributed by atoms with E-state index in [1.165, 1.54) is 12.6 Å². The summed E-state index contributed by atoms with van der Waals surface area (Å²) in [6.07, 6.45) is 9.33. The zero-order valence-corrected chi connectivity index (χ0v) is 14.5. The molecule has 2 aliphatic carbocycles. The molecule has 0 bridgehead atoms. The third kappa shape index (κ3) is 3.77. The SMILES string of the molecule is COC1CCC(Nc2ncc(C(N)=O)c(NC3(C)CCC3)n2)CC1. The van der Waals surface area contributed by atoms with E-state index in [9.17, 15) is 4.79 Å². The Morgan fingerprint density at radius 1 is 1.33 bits per heavy atom. The molecule has 1 aromatic rings. The Morgan fingerprint density at radius 2 is 2.04 bits per heavy atom. The van der Waals surface area contributed by atoms with Crippen LogP contribution in [0.4, 0.5) is 11.8 Å². The fourth-order valence-electron chi connectivity index (χ4n) is 3.47. The van der Waals surface area contributed by atoms with Crippen molar-refractivity contribution in [3.63, 3.8) is 0 Å². The number of anilines is 2. The van der Waals surface area contributed by atoms with Crippen LogP contribution in [-0.2, 0) is 4.74 Å². The minimum Gasteiger partial charge on any atom is -0.381 e. The van der Waals surface area contributed by atoms with Gasteiger partial charge in [0.05, 0.1) is 11.7 Å². The van der Waals surface area contributed by atoms with E-state index in [4.69, 9.17) is 10.5 Å². The molecule has 1 heterocycles. The van der Waals surface area contributed by atoms with E-state index in [-0.39, 0.29) is 5.54 Å². The molecular formula is C17H27N5O2. The van der Waals surface area contributed by atoms with Gasteiger partial charge in [-0.1, -0.05) is 0 Å². The van der Waals surface area contributed by atoms with Gasteiger partial charge < -0.3 is 21.1 Å². The van der Waals surface area contributed by atoms with Gasteiger partial charge in [-0.3, -0.25) is 4.79 Å². The lowest BCUT2D eigenvalue weighted by atomic mass is 9.78. The number of hydrogen-bond donors (Lipinski definition) is 3. The number of nitrogens with one attached hydrogen (secondary N) is 2. The minimum absolute atomic E-state index is 0.00759. The van der Waals surface area contributed by atoms with Crippen LogP contribution < -0.4 is 16.4 Å². The van der Waals surface area contributed by atoms with Crippen LogP contribution in [-0.4, -0.2) is 40.7 Å². The molecule has 0 aromatic carbocycles. The predicted octanol–water partition coefficient (Wildman–Crippen LogP) is 2.30. The molecule has 2 aliphatic rings. The maximum atomic E-state index is 11.7. The van der Waals surface area contributed by atoms with Crippen molar-refractivity contribution in [1.82, 2.24) is 9.97 Å². The van der Waals surface area contributed by atoms with Gasteiger partial charge in [-0.15, -0.1) is 0 Å². The summed E-state index contributed by atoms with van der Waals surface area (Å²) in [5.74, 6) is 0.576. The normalized spacial score (nSPS) is 25.6. The first-order valence-corrected chi connectivity index (χ1v) is 8.73. The van der Waals surface area contributed by atoms with Crippen LogP contribution in [0.2, 0.25) is 0 Å². The summed E-state index contributed by atoms with van der Waals surface area (Å²) in [4.78, 5) is 20.5. The fraction of sp³-hybridized carbons (Fsp3) is 0.706. The lowest BCUT2D eigenvalue weighted by Crippen LogP contribution is -2.42. The van der Waals surface area contributed by atoms with Gasteiger partial charge in [-0.05, 0) is 51.9 Å². The van der Waals surface area contributed by atoms with Crippen LogP contribution in [0, 0.1) is 0 Å². The van der Waals surface area contributed by atoms with Crippen LogP contribution >= 0.6 is 0 Å². The Morgan fingerprint density at radius 3 is 2.58 bits per heavy atom. The van der Waals surface area contributed by atoms with Crippen LogP contribution in [0.3, 0.4) is 0 Å². The van der Waals surface area contributed by atoms with E-state index in [1.807, 2.05) is 0 Å². The quantitative estimate of drug-likeness (QED) is 0.738. The Kier molecular flexibility index (Phi) is 4.89. The second-order valence-corrected chi connectivity index (χ2v) is 7.21. The summed E-state index contributed by atoms with van der Waals surface area (Å²) in [7, 11) is 1.77. The first-order chi connectivity index (χ1) is 11.5. The lowest BCUT2D eigenvalue weighted by molar-refractivity contribution is 0.0681. The Bertz CT molecular complexity index is 595. The van der Waals surface area contributed by atoms with Crippen molar-refractivity contribution in [3.05, 3.63) is 11.8 Å². The molecule has 1 aromatic heterocycles. The first kappa shape index (κ1) is 17.0. The Balaban J connectivity index is 1.71. The van der Waals surface area contributed by atoms with Gasteiger partial charge in [-0.2, -0.15) is 4.98 Å². The van der Waals surface area contributed by atoms with E-state index in [1.54, 1.807) is 7.11 Å². The molecule has 0 spiro atoms. The molecule has 132 valence electrons. The number of aromatic nitrogens is 2. The van der Waals surface area contributed by atoms with Gasteiger partial charge >= 0.3 is 0 Å². The zero-order valence-electron chi connectivity index (χ0n) is 14.5. The lowest BCUT2D eigenvalue weighted by Gasteiger charge is -2.40. The van der Waals surface area contributed by atoms with Crippen LogP contribution in [0.1, 0.15) is 62.2 Å². The number of ether oxygens (including phenoxy) is 1. The highest BCUT2D eigenvalue weighted by molar-refractivity contribution is 5.97. The maximum Gasteiger partial charge on any atom is 0.254 e. The molecule has 7 nitrogen and oxygen atoms in total. The standard InChI is InChI=1S/C17H27N5O2/c1-17(8-3-9-17)22-15-13(14(18)23)10-19-16(21-15)20-11-4-6-12(24-2)7-5-11/h10-12H,3-9H2,1-2H3,(H2,18,23)(H2,19,20,21,22). The second-order valence-electron chi connectivity index (χ2n) is 7.21. The van der Waals surface area contributed by atoms with Gasteiger partial charge in [-0.25, -0.2) is 4.98 Å². The zero-order chi connectivity index (χ0) is 17.2. The average molecular weight is 333 g/mol. The molecule has 24 heavy (non-hydrogen) atoms. The van der Waals surface area contributed by atoms with Gasteiger partial charge in [0.15, 0.2) is 0 Å². The van der Waals surface area contributed by atoms with Gasteiger partial charge in [0.2, 0.25) is 5.95 Å². The van der Waals surface area contributed by atoms with Gasteiger partial charge in [0, 0.05) is 24.9 Å². The number of rotatable bonds is 6. The van der Waals surface area contributed by atoms with Crippen molar-refractivity contribution in [3.8, 4) is 0 Å². The predicted molar refractivity (Wildman–Crippen MR) is 93.1 cm³/mol. The summed E-state index contributed by atoms with van der Waals surface area (Å²) in [6.45, 7) is 2.14. The van der Waals surface area contributed by atoms with Crippen LogP contribution in [0.5, 0.6) is 0 Å². The highest BCUT2D eigenvalue weighted by Gasteiger charge is 2.33. The van der Waals surface area contributed by atoms with Crippen molar-refractivity contribution in [2.45, 2.75) is 69.6 Å². The minimum atomic E-state index is -0.507. The van der Waals surface area contributed by atoms with Crippen molar-refractivity contribution >= 4 is 17.7 Å². The molecule has 3 rings (SSSR count). The highest BCUT2D eigenvalue weighted by atomic mass is 16.5. The summed E-state index contributed by atoms with van der Waals surface area (Å²) in [6, 6.07) is 0.336. The van der Waals surface area contributed by atoms with E-state index in [0.717, 1.165) is 38.5 Å². The van der Waals surface area contributed by atoms with Crippen molar-refractivity contribution in [1.29, 1.82) is 0 Å². The molecule has 2 saturated carbocycles. The van der Waals surface area contributed by atoms with Crippen molar-refractivity contribution in [2.24, 2.45) is 5.73 Å². The number of hydrogen-bond acceptors (Lipinski definition) is 6. The topological polar surface area (TPSA) is 102 Å². The van der Waals surface area contributed by atoms with Crippen LogP contribution in [0.15, 0.2) is 6.20 Å². The number of primary amides is 1. The summed E-state index contributed by atoms with van der Waals surface area (Å²) in [5, 5.41) is 6.77. The number of nitrogens with zero attached hydrogens (tertiary/aromatic N) is 2. The largest absolute Gasteiger partial charge is 0.381 e. The summed E-state index contributed by atoms with van der Waals surface area (Å²) < 4.78 is 5.40. The van der Waals surface area contributed by atoms with E-state index >= 15 is 0 Å². The average Bonchev–Trinajstić information content (AvgIpc) is 2.54. The summed E-state index contributed by atoms with van der Waals surface area (Å²) in [5.41, 5.74) is 5.80.